The van der Waals surface area contributed by atoms with Gasteiger partial charge in [0.2, 0.25) is 11.7 Å². The maximum absolute atomic E-state index is 12.0. The quantitative estimate of drug-likeness (QED) is 0.424. The number of nitrogens with zero attached hydrogens (tertiary/aromatic N) is 4. The zero-order valence-electron chi connectivity index (χ0n) is 18.7. The van der Waals surface area contributed by atoms with Crippen molar-refractivity contribution in [3.8, 4) is 17.0 Å². The minimum atomic E-state index is -0.739. The molecule has 1 aromatic heterocycles. The van der Waals surface area contributed by atoms with Crippen molar-refractivity contribution in [1.29, 1.82) is 0 Å². The Balaban J connectivity index is 1.70. The zero-order valence-corrected chi connectivity index (χ0v) is 19.5. The number of fused-ring (bicyclic) bond motifs is 2. The average Bonchev–Trinajstić information content (AvgIpc) is 2.87. The number of hydrogen-bond acceptors (Lipinski definition) is 6. The molecule has 0 radical (unpaired) electrons. The second-order valence-electron chi connectivity index (χ2n) is 8.28. The minimum absolute atomic E-state index is 0.0431. The van der Waals surface area contributed by atoms with Crippen LogP contribution in [0, 0.1) is 0 Å². The van der Waals surface area contributed by atoms with Crippen LogP contribution in [0.15, 0.2) is 61.2 Å². The zero-order chi connectivity index (χ0) is 24.7. The van der Waals surface area contributed by atoms with Gasteiger partial charge in [-0.15, -0.1) is 0 Å². The third-order valence-corrected chi connectivity index (χ3v) is 6.45. The molecule has 1 saturated heterocycles. The molecule has 3 N–H and O–H groups in total. The number of para-hydroxylation sites is 1. The normalized spacial score (nSPS) is 13.9. The Morgan fingerprint density at radius 3 is 2.46 bits per heavy atom. The Kier molecular flexibility index (Phi) is 5.74. The molecule has 0 unspecified atom stereocenters. The molecular formula is C26H22ClN5O3. The molecule has 176 valence electrons. The topological polar surface area (TPSA) is 113 Å². The number of piperazine rings is 1. The smallest absolute Gasteiger partial charge is 0.286 e. The van der Waals surface area contributed by atoms with Crippen LogP contribution in [0.4, 0.5) is 5.69 Å². The lowest BCUT2D eigenvalue weighted by Crippen LogP contribution is -2.48. The molecule has 1 aliphatic heterocycles. The summed E-state index contributed by atoms with van der Waals surface area (Å²) in [6, 6.07) is 14.4. The van der Waals surface area contributed by atoms with Gasteiger partial charge in [0, 0.05) is 47.5 Å². The van der Waals surface area contributed by atoms with E-state index in [1.807, 2.05) is 29.2 Å². The van der Waals surface area contributed by atoms with E-state index >= 15 is 0 Å². The maximum atomic E-state index is 12.0. The Morgan fingerprint density at radius 2 is 1.74 bits per heavy atom. The molecule has 0 spiro atoms. The number of aromatic nitrogens is 2. The summed E-state index contributed by atoms with van der Waals surface area (Å²) in [6.45, 7) is 5.65. The molecule has 8 nitrogen and oxygen atoms in total. The number of phenols is 1. The number of primary amides is 1. The van der Waals surface area contributed by atoms with Crippen LogP contribution in [-0.2, 0) is 4.79 Å². The average molecular weight is 488 g/mol. The van der Waals surface area contributed by atoms with Gasteiger partial charge in [0.1, 0.15) is 5.75 Å². The number of phenolic OH excluding ortho intramolecular Hbond substituents is 1. The number of carbonyl (C=O) groups is 2. The molecule has 2 heterocycles. The van der Waals surface area contributed by atoms with Gasteiger partial charge < -0.3 is 20.6 Å². The first-order valence-electron chi connectivity index (χ1n) is 11.1. The first-order valence-corrected chi connectivity index (χ1v) is 11.4. The third-order valence-electron chi connectivity index (χ3n) is 6.21. The van der Waals surface area contributed by atoms with Gasteiger partial charge in [-0.05, 0) is 35.7 Å². The number of benzene rings is 3. The molecule has 1 aliphatic rings. The monoisotopic (exact) mass is 487 g/mol. The Labute approximate surface area is 206 Å². The molecule has 4 aromatic rings. The summed E-state index contributed by atoms with van der Waals surface area (Å²) in [7, 11) is 0. The molecular weight excluding hydrogens is 466 g/mol. The fourth-order valence-electron chi connectivity index (χ4n) is 4.57. The highest BCUT2D eigenvalue weighted by Gasteiger charge is 2.25. The summed E-state index contributed by atoms with van der Waals surface area (Å²) in [5, 5.41) is 14.0. The van der Waals surface area contributed by atoms with E-state index in [0.29, 0.717) is 53.7 Å². The van der Waals surface area contributed by atoms with E-state index in [4.69, 9.17) is 17.3 Å². The first kappa shape index (κ1) is 22.6. The second-order valence-corrected chi connectivity index (χ2v) is 8.71. The van der Waals surface area contributed by atoms with Crippen molar-refractivity contribution >= 4 is 50.8 Å². The van der Waals surface area contributed by atoms with Gasteiger partial charge in [-0.3, -0.25) is 9.59 Å². The standard InChI is InChI=1S/C26H22ClN5O3/c1-2-22(34)31-9-11-32(12-10-31)24-19-13-15(27)7-8-16(19)18(14-21(24)33)23-17-5-3-4-6-20(17)29-26(30-23)25(28)35/h2-8,13-14,33H,1,9-12H2,(H2,28,35). The van der Waals surface area contributed by atoms with Crippen LogP contribution < -0.4 is 10.6 Å². The minimum Gasteiger partial charge on any atom is -0.506 e. The molecule has 1 fully saturated rings. The van der Waals surface area contributed by atoms with Gasteiger partial charge in [-0.25, -0.2) is 9.97 Å². The number of halogens is 1. The number of amides is 2. The third kappa shape index (κ3) is 4.02. The molecule has 5 rings (SSSR count). The highest BCUT2D eigenvalue weighted by atomic mass is 35.5. The van der Waals surface area contributed by atoms with Crippen molar-refractivity contribution in [3.05, 3.63) is 72.0 Å². The molecule has 35 heavy (non-hydrogen) atoms. The van der Waals surface area contributed by atoms with Gasteiger partial charge >= 0.3 is 0 Å². The molecule has 0 saturated carbocycles. The highest BCUT2D eigenvalue weighted by Crippen LogP contribution is 2.43. The van der Waals surface area contributed by atoms with Gasteiger partial charge in [0.25, 0.3) is 5.91 Å². The van der Waals surface area contributed by atoms with Gasteiger partial charge in [-0.1, -0.05) is 42.4 Å². The summed E-state index contributed by atoms with van der Waals surface area (Å²) >= 11 is 6.37. The van der Waals surface area contributed by atoms with Crippen LogP contribution in [0.5, 0.6) is 5.75 Å². The van der Waals surface area contributed by atoms with E-state index in [0.717, 1.165) is 16.2 Å². The molecule has 0 atom stereocenters. The first-order chi connectivity index (χ1) is 16.9. The van der Waals surface area contributed by atoms with E-state index in [1.54, 1.807) is 29.2 Å². The predicted molar refractivity (Wildman–Crippen MR) is 137 cm³/mol. The van der Waals surface area contributed by atoms with Crippen molar-refractivity contribution < 1.29 is 14.7 Å². The number of aromatic hydroxyl groups is 1. The van der Waals surface area contributed by atoms with Crippen molar-refractivity contribution in [2.45, 2.75) is 0 Å². The van der Waals surface area contributed by atoms with Crippen molar-refractivity contribution in [2.24, 2.45) is 5.73 Å². The van der Waals surface area contributed by atoms with Crippen LogP contribution in [0.3, 0.4) is 0 Å². The van der Waals surface area contributed by atoms with Crippen LogP contribution in [0.2, 0.25) is 5.02 Å². The summed E-state index contributed by atoms with van der Waals surface area (Å²) in [6.07, 6.45) is 1.31. The van der Waals surface area contributed by atoms with Crippen LogP contribution in [0.25, 0.3) is 32.9 Å². The van der Waals surface area contributed by atoms with E-state index in [1.165, 1.54) is 6.08 Å². The fourth-order valence-corrected chi connectivity index (χ4v) is 4.74. The summed E-state index contributed by atoms with van der Waals surface area (Å²) in [5.74, 6) is -0.913. The van der Waals surface area contributed by atoms with Crippen LogP contribution in [-0.4, -0.2) is 58.0 Å². The summed E-state index contributed by atoms with van der Waals surface area (Å²) in [5.41, 5.74) is 7.82. The lowest BCUT2D eigenvalue weighted by Gasteiger charge is -2.36. The Bertz CT molecular complexity index is 1510. The largest absolute Gasteiger partial charge is 0.506 e. The molecule has 3 aromatic carbocycles. The van der Waals surface area contributed by atoms with Crippen molar-refractivity contribution in [3.63, 3.8) is 0 Å². The fraction of sp³-hybridized carbons (Fsp3) is 0.154. The highest BCUT2D eigenvalue weighted by molar-refractivity contribution is 6.31. The number of carbonyl (C=O) groups excluding carboxylic acids is 2. The van der Waals surface area contributed by atoms with E-state index < -0.39 is 5.91 Å². The lowest BCUT2D eigenvalue weighted by molar-refractivity contribution is -0.126. The lowest BCUT2D eigenvalue weighted by atomic mass is 9.96. The van der Waals surface area contributed by atoms with Gasteiger partial charge in [-0.2, -0.15) is 0 Å². The number of nitrogens with two attached hydrogens (primary N) is 1. The summed E-state index contributed by atoms with van der Waals surface area (Å²) < 4.78 is 0. The van der Waals surface area contributed by atoms with Gasteiger partial charge in [0.05, 0.1) is 16.9 Å². The van der Waals surface area contributed by atoms with E-state index in [2.05, 4.69) is 16.5 Å². The van der Waals surface area contributed by atoms with Crippen LogP contribution in [0.1, 0.15) is 10.6 Å². The molecule has 9 heteroatoms. The number of anilines is 1. The molecule has 2 amide bonds. The second kappa shape index (κ2) is 8.88. The Hall–Kier alpha value is -4.17. The maximum Gasteiger partial charge on any atom is 0.286 e. The SMILES string of the molecule is C=CC(=O)N1CCN(c2c(O)cc(-c3nc(C(N)=O)nc4ccccc34)c3ccc(Cl)cc23)CC1. The molecule has 0 aliphatic carbocycles. The van der Waals surface area contributed by atoms with Gasteiger partial charge in [0.15, 0.2) is 0 Å². The van der Waals surface area contributed by atoms with E-state index in [9.17, 15) is 14.7 Å². The number of rotatable bonds is 4. The number of hydrogen-bond donors (Lipinski definition) is 2. The Morgan fingerprint density at radius 1 is 1.00 bits per heavy atom. The van der Waals surface area contributed by atoms with Crippen molar-refractivity contribution in [1.82, 2.24) is 14.9 Å². The summed E-state index contributed by atoms with van der Waals surface area (Å²) in [4.78, 5) is 36.5. The predicted octanol–water partition coefficient (Wildman–Crippen LogP) is 3.74. The van der Waals surface area contributed by atoms with E-state index in [-0.39, 0.29) is 17.5 Å². The van der Waals surface area contributed by atoms with Crippen molar-refractivity contribution in [2.75, 3.05) is 31.1 Å². The molecule has 0 bridgehead atoms. The van der Waals surface area contributed by atoms with Crippen LogP contribution >= 0.6 is 11.6 Å².